The Balaban J connectivity index is 1.13. The van der Waals surface area contributed by atoms with E-state index in [0.29, 0.717) is 0 Å². The minimum Gasteiger partial charge on any atom is -0.456 e. The van der Waals surface area contributed by atoms with Crippen molar-refractivity contribution in [3.63, 3.8) is 0 Å². The first kappa shape index (κ1) is 49.4. The zero-order valence-corrected chi connectivity index (χ0v) is 48.6. The van der Waals surface area contributed by atoms with E-state index in [4.69, 9.17) is 4.42 Å². The molecule has 15 rings (SSSR count). The average molecular weight is 1040 g/mol. The lowest BCUT2D eigenvalue weighted by Gasteiger charge is -2.51. The summed E-state index contributed by atoms with van der Waals surface area (Å²) in [5.41, 5.74) is 28.5. The van der Waals surface area contributed by atoms with Crippen LogP contribution in [0.15, 0.2) is 180 Å². The number of furan rings is 1. The molecule has 5 heterocycles. The van der Waals surface area contributed by atoms with E-state index < -0.39 is 0 Å². The Hall–Kier alpha value is -7.69. The number of hydrogen-bond acceptors (Lipinski definition) is 4. The van der Waals surface area contributed by atoms with Crippen molar-refractivity contribution in [2.75, 3.05) is 14.7 Å². The van der Waals surface area contributed by atoms with Gasteiger partial charge in [0.15, 0.2) is 7.28 Å². The van der Waals surface area contributed by atoms with Gasteiger partial charge in [0.25, 0.3) is 6.71 Å². The molecule has 1 aromatic heterocycles. The molecular weight excluding hydrogens is 968 g/mol. The van der Waals surface area contributed by atoms with E-state index in [-0.39, 0.29) is 33.9 Å². The first-order valence-corrected chi connectivity index (χ1v) is 29.5. The first-order chi connectivity index (χ1) is 38.3. The maximum Gasteiger partial charge on any atom is 0.252 e. The molecule has 9 aromatic carbocycles. The normalized spacial score (nSPS) is 18.8. The van der Waals surface area contributed by atoms with Crippen LogP contribution in [0.3, 0.4) is 0 Å². The molecule has 5 aliphatic rings. The zero-order valence-electron chi connectivity index (χ0n) is 48.6. The Morgan fingerprint density at radius 3 is 1.89 bits per heavy atom. The fourth-order valence-electron chi connectivity index (χ4n) is 15.4. The van der Waals surface area contributed by atoms with E-state index in [9.17, 15) is 0 Å². The summed E-state index contributed by atoms with van der Waals surface area (Å²) in [6.07, 6.45) is 4.67. The number of hydrogen-bond donors (Lipinski definition) is 0. The van der Waals surface area contributed by atoms with E-state index >= 15 is 0 Å². The highest BCUT2D eigenvalue weighted by atomic mass is 16.3. The second-order valence-electron chi connectivity index (χ2n) is 27.6. The SMILES string of the molecule is CC(C)(C)c1ccc2c(c1)B1c3ccc4oc5ccccc5c4c3N(c3ccc(C(C)(C)C)cc3-c3ccccc3)c3cc(N4c5ccc(C(C)(C)C)cc5C5(C)CCCCC45C)cc(c31)N2c1cccc2c1-c1ccccc1B2. The lowest BCUT2D eigenvalue weighted by atomic mass is 9.33. The predicted molar refractivity (Wildman–Crippen MR) is 344 cm³/mol. The summed E-state index contributed by atoms with van der Waals surface area (Å²) >= 11 is 0. The molecule has 2 unspecified atom stereocenters. The van der Waals surface area contributed by atoms with E-state index in [1.807, 2.05) is 0 Å². The number of nitrogens with zero attached hydrogens (tertiary/aromatic N) is 3. The molecule has 2 atom stereocenters. The molecule has 394 valence electrons. The monoisotopic (exact) mass is 1040 g/mol. The maximum absolute atomic E-state index is 6.97. The van der Waals surface area contributed by atoms with Crippen LogP contribution in [0, 0.1) is 0 Å². The maximum atomic E-state index is 6.97. The Labute approximate surface area is 474 Å². The number of anilines is 8. The summed E-state index contributed by atoms with van der Waals surface area (Å²) in [7, 11) is 0.921. The van der Waals surface area contributed by atoms with E-state index in [2.05, 4.69) is 267 Å². The number of para-hydroxylation sites is 1. The van der Waals surface area contributed by atoms with Gasteiger partial charge in [0, 0.05) is 44.8 Å². The third-order valence-electron chi connectivity index (χ3n) is 19.9. The van der Waals surface area contributed by atoms with Crippen molar-refractivity contribution in [2.45, 2.75) is 129 Å². The van der Waals surface area contributed by atoms with Crippen molar-refractivity contribution < 1.29 is 4.42 Å². The molecular formula is C74H71B2N3O. The second kappa shape index (κ2) is 16.9. The van der Waals surface area contributed by atoms with Crippen LogP contribution in [0.25, 0.3) is 44.2 Å². The summed E-state index contributed by atoms with van der Waals surface area (Å²) < 4.78 is 6.97. The molecule has 1 fully saturated rings. The van der Waals surface area contributed by atoms with E-state index in [1.54, 1.807) is 0 Å². The fraction of sp³-hybridized carbons (Fsp3) is 0.270. The van der Waals surface area contributed by atoms with Crippen LogP contribution in [0.5, 0.6) is 0 Å². The summed E-state index contributed by atoms with van der Waals surface area (Å²) in [4.78, 5) is 8.25. The van der Waals surface area contributed by atoms with Gasteiger partial charge in [-0.1, -0.05) is 214 Å². The minimum atomic E-state index is -0.203. The van der Waals surface area contributed by atoms with Gasteiger partial charge >= 0.3 is 0 Å². The molecule has 0 N–H and O–H groups in total. The van der Waals surface area contributed by atoms with E-state index in [0.717, 1.165) is 47.7 Å². The van der Waals surface area contributed by atoms with Crippen LogP contribution in [-0.4, -0.2) is 19.5 Å². The molecule has 4 aliphatic heterocycles. The Morgan fingerprint density at radius 2 is 1.12 bits per heavy atom. The highest BCUT2D eigenvalue weighted by molar-refractivity contribution is 7.00. The van der Waals surface area contributed by atoms with Gasteiger partial charge < -0.3 is 19.1 Å². The molecule has 0 saturated heterocycles. The molecule has 80 heavy (non-hydrogen) atoms. The Kier molecular flexibility index (Phi) is 10.4. The Bertz CT molecular complexity index is 4250. The summed E-state index contributed by atoms with van der Waals surface area (Å²) in [5.74, 6) is 0. The minimum absolute atomic E-state index is 0.0136. The summed E-state index contributed by atoms with van der Waals surface area (Å²) in [5, 5.41) is 2.28. The van der Waals surface area contributed by atoms with Crippen LogP contribution in [0.4, 0.5) is 45.5 Å². The van der Waals surface area contributed by atoms with Crippen molar-refractivity contribution in [1.82, 2.24) is 0 Å². The van der Waals surface area contributed by atoms with Gasteiger partial charge in [0.1, 0.15) is 11.2 Å². The van der Waals surface area contributed by atoms with Gasteiger partial charge in [-0.3, -0.25) is 0 Å². The molecule has 4 nitrogen and oxygen atoms in total. The molecule has 0 radical (unpaired) electrons. The van der Waals surface area contributed by atoms with Crippen LogP contribution in [0.2, 0.25) is 0 Å². The molecule has 6 heteroatoms. The number of fused-ring (bicyclic) bond motifs is 14. The molecule has 1 saturated carbocycles. The molecule has 0 spiro atoms. The largest absolute Gasteiger partial charge is 0.456 e. The van der Waals surface area contributed by atoms with Crippen LogP contribution in [-0.2, 0) is 21.7 Å². The molecule has 10 aromatic rings. The second-order valence-corrected chi connectivity index (χ2v) is 27.6. The van der Waals surface area contributed by atoms with Gasteiger partial charge in [0.2, 0.25) is 0 Å². The molecule has 0 amide bonds. The fourth-order valence-corrected chi connectivity index (χ4v) is 15.4. The lowest BCUT2D eigenvalue weighted by Crippen LogP contribution is -2.62. The van der Waals surface area contributed by atoms with Crippen LogP contribution in [0.1, 0.15) is 124 Å². The van der Waals surface area contributed by atoms with E-state index in [1.165, 1.54) is 124 Å². The van der Waals surface area contributed by atoms with Crippen molar-refractivity contribution >= 4 is 109 Å². The van der Waals surface area contributed by atoms with Gasteiger partial charge in [-0.2, -0.15) is 0 Å². The van der Waals surface area contributed by atoms with Gasteiger partial charge in [0.05, 0.1) is 28.0 Å². The van der Waals surface area contributed by atoms with Gasteiger partial charge in [-0.05, 0) is 146 Å². The van der Waals surface area contributed by atoms with Crippen molar-refractivity contribution in [2.24, 2.45) is 0 Å². The first-order valence-electron chi connectivity index (χ1n) is 29.5. The third-order valence-corrected chi connectivity index (χ3v) is 19.9. The Morgan fingerprint density at radius 1 is 0.487 bits per heavy atom. The average Bonchev–Trinajstić information content (AvgIpc) is 4.25. The number of benzene rings is 9. The topological polar surface area (TPSA) is 22.9 Å². The lowest BCUT2D eigenvalue weighted by molar-refractivity contribution is 0.195. The molecule has 0 bridgehead atoms. The standard InChI is InChI=1S/C74H71B2N3O/c1-70(2,3)46-30-34-58(52(40-46)45-22-13-12-14-23-45)78-63-44-49(79-59-35-31-47(71(4,5)6)41-53(59)73(10)38-19-20-39-74(73,79)11)43-62-68(63)76(56-33-37-65-67(69(56)78)51-25-16-18-29-64(51)80-65)57-42-48(72(7,8)9)32-36-60(57)77(62)61-28-21-27-55-66(61)50-24-15-17-26-54(50)75-55/h12-18,21-37,40-44,75H,19-20,38-39H2,1-11H3. The van der Waals surface area contributed by atoms with Crippen molar-refractivity contribution in [3.05, 3.63) is 198 Å². The highest BCUT2D eigenvalue weighted by Crippen LogP contribution is 2.63. The smallest absolute Gasteiger partial charge is 0.252 e. The predicted octanol–water partition coefficient (Wildman–Crippen LogP) is 16.3. The van der Waals surface area contributed by atoms with Crippen molar-refractivity contribution in [1.29, 1.82) is 0 Å². The van der Waals surface area contributed by atoms with Crippen molar-refractivity contribution in [3.8, 4) is 22.3 Å². The van der Waals surface area contributed by atoms with Gasteiger partial charge in [-0.25, -0.2) is 0 Å². The van der Waals surface area contributed by atoms with Gasteiger partial charge in [-0.15, -0.1) is 0 Å². The zero-order chi connectivity index (χ0) is 55.0. The quantitative estimate of drug-likeness (QED) is 0.164. The molecule has 1 aliphatic carbocycles. The summed E-state index contributed by atoms with van der Waals surface area (Å²) in [6, 6.07) is 68.4. The third kappa shape index (κ3) is 6.96. The van der Waals surface area contributed by atoms with Crippen LogP contribution >= 0.6 is 0 Å². The number of rotatable bonds is 4. The van der Waals surface area contributed by atoms with Crippen LogP contribution < -0.4 is 42.0 Å². The highest BCUT2D eigenvalue weighted by Gasteiger charge is 2.58. The summed E-state index contributed by atoms with van der Waals surface area (Å²) in [6.45, 7) is 26.3.